The molecule has 5 nitrogen and oxygen atoms in total. The van der Waals surface area contributed by atoms with Gasteiger partial charge in [0.2, 0.25) is 5.91 Å². The van der Waals surface area contributed by atoms with Crippen LogP contribution in [0.25, 0.3) is 0 Å². The summed E-state index contributed by atoms with van der Waals surface area (Å²) in [6.07, 6.45) is 2.24. The van der Waals surface area contributed by atoms with Crippen molar-refractivity contribution in [2.45, 2.75) is 25.8 Å². The lowest BCUT2D eigenvalue weighted by Crippen LogP contribution is -2.44. The summed E-state index contributed by atoms with van der Waals surface area (Å²) in [6.45, 7) is 4.58. The number of nitrogen functional groups attached to an aromatic ring is 1. The molecule has 1 aliphatic rings. The van der Waals surface area contributed by atoms with E-state index in [1.165, 1.54) is 0 Å². The fourth-order valence-corrected chi connectivity index (χ4v) is 2.78. The second kappa shape index (κ2) is 6.91. The van der Waals surface area contributed by atoms with Gasteiger partial charge >= 0.3 is 0 Å². The molecule has 0 radical (unpaired) electrons. The number of hydrogen-bond donors (Lipinski definition) is 2. The lowest BCUT2D eigenvalue weighted by Gasteiger charge is -2.34. The third-order valence-corrected chi connectivity index (χ3v) is 4.19. The molecule has 5 heteroatoms. The van der Waals surface area contributed by atoms with E-state index >= 15 is 0 Å². The number of benzene rings is 1. The second-order valence-electron chi connectivity index (χ2n) is 6.09. The van der Waals surface area contributed by atoms with Gasteiger partial charge in [-0.2, -0.15) is 0 Å². The maximum Gasteiger partial charge on any atom is 0.238 e. The van der Waals surface area contributed by atoms with Crippen molar-refractivity contribution < 1.29 is 4.79 Å². The smallest absolute Gasteiger partial charge is 0.238 e. The highest BCUT2D eigenvalue weighted by atomic mass is 16.2. The Morgan fingerprint density at radius 1 is 1.43 bits per heavy atom. The Bertz CT molecular complexity index is 495. The van der Waals surface area contributed by atoms with Gasteiger partial charge in [0.25, 0.3) is 0 Å². The Hall–Kier alpha value is -1.59. The quantitative estimate of drug-likeness (QED) is 0.826. The summed E-state index contributed by atoms with van der Waals surface area (Å²) in [7, 11) is 4.16. The summed E-state index contributed by atoms with van der Waals surface area (Å²) in [4.78, 5) is 16.6. The van der Waals surface area contributed by atoms with Crippen LogP contribution in [0.5, 0.6) is 0 Å². The zero-order valence-corrected chi connectivity index (χ0v) is 13.2. The van der Waals surface area contributed by atoms with Crippen molar-refractivity contribution in [3.8, 4) is 0 Å². The summed E-state index contributed by atoms with van der Waals surface area (Å²) in [6, 6.07) is 6.17. The van der Waals surface area contributed by atoms with E-state index in [0.717, 1.165) is 31.5 Å². The zero-order chi connectivity index (χ0) is 15.4. The average molecular weight is 290 g/mol. The summed E-state index contributed by atoms with van der Waals surface area (Å²) in [5.41, 5.74) is 8.33. The van der Waals surface area contributed by atoms with Gasteiger partial charge in [-0.05, 0) is 64.6 Å². The first-order valence-corrected chi connectivity index (χ1v) is 7.50. The number of nitrogens with one attached hydrogen (secondary N) is 1. The van der Waals surface area contributed by atoms with E-state index in [0.29, 0.717) is 24.0 Å². The monoisotopic (exact) mass is 290 g/mol. The molecule has 2 rings (SSSR count). The second-order valence-corrected chi connectivity index (χ2v) is 6.09. The van der Waals surface area contributed by atoms with Crippen molar-refractivity contribution in [3.63, 3.8) is 0 Å². The first kappa shape index (κ1) is 15.8. The van der Waals surface area contributed by atoms with Crippen LogP contribution < -0.4 is 11.1 Å². The van der Waals surface area contributed by atoms with Gasteiger partial charge in [-0.1, -0.05) is 6.07 Å². The Kier molecular flexibility index (Phi) is 5.20. The van der Waals surface area contributed by atoms with E-state index < -0.39 is 0 Å². The van der Waals surface area contributed by atoms with Gasteiger partial charge < -0.3 is 16.0 Å². The number of carbonyl (C=O) groups is 1. The fourth-order valence-electron chi connectivity index (χ4n) is 2.78. The number of nitrogens with zero attached hydrogens (tertiary/aromatic N) is 2. The predicted octanol–water partition coefficient (Wildman–Crippen LogP) is 1.54. The van der Waals surface area contributed by atoms with Crippen molar-refractivity contribution in [1.29, 1.82) is 0 Å². The van der Waals surface area contributed by atoms with Crippen LogP contribution in [-0.4, -0.2) is 55.5 Å². The molecule has 0 aliphatic carbocycles. The number of anilines is 2. The van der Waals surface area contributed by atoms with Gasteiger partial charge in [-0.25, -0.2) is 0 Å². The third-order valence-electron chi connectivity index (χ3n) is 4.19. The topological polar surface area (TPSA) is 61.6 Å². The SMILES string of the molecule is Cc1ccc(NC(=O)CN(C)C2CCN(C)CC2)c(N)c1. The molecule has 0 atom stereocenters. The van der Waals surface area contributed by atoms with Gasteiger partial charge in [-0.3, -0.25) is 9.69 Å². The largest absolute Gasteiger partial charge is 0.397 e. The number of carbonyl (C=O) groups excluding carboxylic acids is 1. The molecule has 0 aromatic heterocycles. The predicted molar refractivity (Wildman–Crippen MR) is 87.4 cm³/mol. The molecule has 1 fully saturated rings. The van der Waals surface area contributed by atoms with E-state index in [2.05, 4.69) is 22.2 Å². The van der Waals surface area contributed by atoms with Crippen LogP contribution in [0.3, 0.4) is 0 Å². The number of piperidine rings is 1. The van der Waals surface area contributed by atoms with E-state index in [1.807, 2.05) is 32.2 Å². The molecular formula is C16H26N4O. The molecule has 1 aromatic rings. The standard InChI is InChI=1S/C16H26N4O/c1-12-4-5-15(14(17)10-12)18-16(21)11-20(3)13-6-8-19(2)9-7-13/h4-5,10,13H,6-9,11,17H2,1-3H3,(H,18,21). The normalized spacial score (nSPS) is 17.1. The van der Waals surface area contributed by atoms with Crippen LogP contribution in [0.2, 0.25) is 0 Å². The number of aryl methyl sites for hydroxylation is 1. The molecule has 1 amide bonds. The van der Waals surface area contributed by atoms with Crippen molar-refractivity contribution in [2.75, 3.05) is 44.8 Å². The van der Waals surface area contributed by atoms with Crippen molar-refractivity contribution in [2.24, 2.45) is 0 Å². The minimum absolute atomic E-state index is 0.00742. The Morgan fingerprint density at radius 2 is 2.10 bits per heavy atom. The molecule has 21 heavy (non-hydrogen) atoms. The third kappa shape index (κ3) is 4.44. The highest BCUT2D eigenvalue weighted by molar-refractivity contribution is 5.95. The summed E-state index contributed by atoms with van der Waals surface area (Å²) in [5, 5.41) is 2.90. The highest BCUT2D eigenvalue weighted by Gasteiger charge is 2.22. The van der Waals surface area contributed by atoms with E-state index in [4.69, 9.17) is 5.73 Å². The maximum atomic E-state index is 12.1. The fraction of sp³-hybridized carbons (Fsp3) is 0.562. The molecule has 1 aromatic carbocycles. The van der Waals surface area contributed by atoms with Crippen LogP contribution in [0, 0.1) is 6.92 Å². The molecule has 1 heterocycles. The minimum atomic E-state index is -0.00742. The number of likely N-dealkylation sites (tertiary alicyclic amines) is 1. The van der Waals surface area contributed by atoms with Crippen LogP contribution >= 0.6 is 0 Å². The lowest BCUT2D eigenvalue weighted by atomic mass is 10.0. The van der Waals surface area contributed by atoms with Crippen LogP contribution in [0.15, 0.2) is 18.2 Å². The minimum Gasteiger partial charge on any atom is -0.397 e. The molecule has 3 N–H and O–H groups in total. The highest BCUT2D eigenvalue weighted by Crippen LogP contribution is 2.19. The van der Waals surface area contributed by atoms with E-state index in [9.17, 15) is 4.79 Å². The van der Waals surface area contributed by atoms with Crippen molar-refractivity contribution in [1.82, 2.24) is 9.80 Å². The first-order valence-electron chi connectivity index (χ1n) is 7.50. The average Bonchev–Trinajstić information content (AvgIpc) is 2.42. The van der Waals surface area contributed by atoms with Gasteiger partial charge in [0, 0.05) is 6.04 Å². The molecule has 0 saturated carbocycles. The van der Waals surface area contributed by atoms with E-state index in [-0.39, 0.29) is 5.91 Å². The molecule has 1 saturated heterocycles. The van der Waals surface area contributed by atoms with Crippen molar-refractivity contribution in [3.05, 3.63) is 23.8 Å². The molecule has 0 bridgehead atoms. The molecule has 1 aliphatic heterocycles. The number of hydrogen-bond acceptors (Lipinski definition) is 4. The lowest BCUT2D eigenvalue weighted by molar-refractivity contribution is -0.117. The van der Waals surface area contributed by atoms with Crippen LogP contribution in [0.4, 0.5) is 11.4 Å². The van der Waals surface area contributed by atoms with Crippen LogP contribution in [-0.2, 0) is 4.79 Å². The van der Waals surface area contributed by atoms with Crippen LogP contribution in [0.1, 0.15) is 18.4 Å². The Morgan fingerprint density at radius 3 is 2.71 bits per heavy atom. The number of amides is 1. The van der Waals surface area contributed by atoms with E-state index in [1.54, 1.807) is 0 Å². The summed E-state index contributed by atoms with van der Waals surface area (Å²) in [5.74, 6) is -0.00742. The maximum absolute atomic E-state index is 12.1. The number of nitrogens with two attached hydrogens (primary N) is 1. The first-order chi connectivity index (χ1) is 9.95. The molecule has 116 valence electrons. The number of likely N-dealkylation sites (N-methyl/N-ethyl adjacent to an activating group) is 1. The molecule has 0 spiro atoms. The summed E-state index contributed by atoms with van der Waals surface area (Å²) < 4.78 is 0. The Labute approximate surface area is 127 Å². The zero-order valence-electron chi connectivity index (χ0n) is 13.2. The van der Waals surface area contributed by atoms with Gasteiger partial charge in [0.15, 0.2) is 0 Å². The van der Waals surface area contributed by atoms with Gasteiger partial charge in [0.1, 0.15) is 0 Å². The van der Waals surface area contributed by atoms with Gasteiger partial charge in [0.05, 0.1) is 17.9 Å². The van der Waals surface area contributed by atoms with Gasteiger partial charge in [-0.15, -0.1) is 0 Å². The summed E-state index contributed by atoms with van der Waals surface area (Å²) >= 11 is 0. The number of rotatable bonds is 4. The Balaban J connectivity index is 1.86. The van der Waals surface area contributed by atoms with Crippen molar-refractivity contribution >= 4 is 17.3 Å². The molecular weight excluding hydrogens is 264 g/mol. The molecule has 0 unspecified atom stereocenters.